The summed E-state index contributed by atoms with van der Waals surface area (Å²) in [6.07, 6.45) is 5.20. The summed E-state index contributed by atoms with van der Waals surface area (Å²) in [6.45, 7) is 2.23. The zero-order valence-corrected chi connectivity index (χ0v) is 8.77. The summed E-state index contributed by atoms with van der Waals surface area (Å²) in [5, 5.41) is 20.0. The summed E-state index contributed by atoms with van der Waals surface area (Å²) >= 11 is 0. The molecule has 0 saturated heterocycles. The quantitative estimate of drug-likeness (QED) is 0.796. The second-order valence-electron chi connectivity index (χ2n) is 4.06. The number of nitrogens with zero attached hydrogens (tertiary/aromatic N) is 3. The maximum absolute atomic E-state index is 8.90. The molecule has 0 spiro atoms. The summed E-state index contributed by atoms with van der Waals surface area (Å²) in [6, 6.07) is 4.25. The van der Waals surface area contributed by atoms with Crippen molar-refractivity contribution in [3.63, 3.8) is 0 Å². The molecule has 2 unspecified atom stereocenters. The lowest BCUT2D eigenvalue weighted by Gasteiger charge is -2.17. The molecule has 4 heteroatoms. The van der Waals surface area contributed by atoms with Crippen molar-refractivity contribution in [1.29, 1.82) is 5.26 Å². The predicted molar refractivity (Wildman–Crippen MR) is 57.2 cm³/mol. The van der Waals surface area contributed by atoms with Crippen molar-refractivity contribution in [3.05, 3.63) is 17.8 Å². The molecule has 1 aromatic rings. The molecule has 1 aliphatic carbocycles. The Morgan fingerprint density at radius 1 is 1.53 bits per heavy atom. The SMILES string of the molecule is CC1CCCC1Nc1nnccc1C#N. The molecule has 1 aromatic heterocycles. The number of aromatic nitrogens is 2. The lowest BCUT2D eigenvalue weighted by molar-refractivity contribution is 0.554. The van der Waals surface area contributed by atoms with E-state index in [-0.39, 0.29) is 0 Å². The largest absolute Gasteiger partial charge is 0.364 e. The van der Waals surface area contributed by atoms with Gasteiger partial charge in [-0.05, 0) is 24.8 Å². The standard InChI is InChI=1S/C11H14N4/c1-8-3-2-4-10(8)14-11-9(7-12)5-6-13-15-11/h5-6,8,10H,2-4H2,1H3,(H,14,15). The van der Waals surface area contributed by atoms with Gasteiger partial charge in [0.05, 0.1) is 11.8 Å². The van der Waals surface area contributed by atoms with Crippen molar-refractivity contribution in [1.82, 2.24) is 10.2 Å². The average Bonchev–Trinajstić information content (AvgIpc) is 2.65. The first-order valence-electron chi connectivity index (χ1n) is 5.29. The normalized spacial score (nSPS) is 24.8. The number of nitrogens with one attached hydrogen (secondary N) is 1. The summed E-state index contributed by atoms with van der Waals surface area (Å²) in [7, 11) is 0. The molecule has 1 N–H and O–H groups in total. The fourth-order valence-electron chi connectivity index (χ4n) is 2.06. The molecule has 78 valence electrons. The molecular weight excluding hydrogens is 188 g/mol. The molecule has 15 heavy (non-hydrogen) atoms. The summed E-state index contributed by atoms with van der Waals surface area (Å²) in [4.78, 5) is 0. The number of hydrogen-bond donors (Lipinski definition) is 1. The van der Waals surface area contributed by atoms with Gasteiger partial charge in [0.1, 0.15) is 6.07 Å². The average molecular weight is 202 g/mol. The molecule has 0 aliphatic heterocycles. The molecule has 0 radical (unpaired) electrons. The predicted octanol–water partition coefficient (Wildman–Crippen LogP) is 1.95. The number of nitriles is 1. The molecule has 1 heterocycles. The first kappa shape index (κ1) is 9.91. The van der Waals surface area contributed by atoms with Crippen molar-refractivity contribution >= 4 is 5.82 Å². The van der Waals surface area contributed by atoms with Crippen LogP contribution in [0.1, 0.15) is 31.7 Å². The summed E-state index contributed by atoms with van der Waals surface area (Å²) < 4.78 is 0. The van der Waals surface area contributed by atoms with Crippen LogP contribution < -0.4 is 5.32 Å². The van der Waals surface area contributed by atoms with Gasteiger partial charge in [-0.2, -0.15) is 10.4 Å². The molecule has 1 saturated carbocycles. The van der Waals surface area contributed by atoms with E-state index in [1.54, 1.807) is 12.3 Å². The third kappa shape index (κ3) is 2.07. The minimum atomic E-state index is 0.439. The van der Waals surface area contributed by atoms with Gasteiger partial charge in [-0.1, -0.05) is 13.3 Å². The number of rotatable bonds is 2. The van der Waals surface area contributed by atoms with Crippen LogP contribution in [0.15, 0.2) is 12.3 Å². The third-order valence-electron chi connectivity index (χ3n) is 3.02. The minimum Gasteiger partial charge on any atom is -0.364 e. The van der Waals surface area contributed by atoms with Gasteiger partial charge in [-0.15, -0.1) is 5.10 Å². The topological polar surface area (TPSA) is 61.6 Å². The van der Waals surface area contributed by atoms with Crippen molar-refractivity contribution < 1.29 is 0 Å². The lowest BCUT2D eigenvalue weighted by atomic mass is 10.1. The van der Waals surface area contributed by atoms with E-state index in [2.05, 4.69) is 28.5 Å². The fraction of sp³-hybridized carbons (Fsp3) is 0.545. The van der Waals surface area contributed by atoms with Crippen LogP contribution in [-0.4, -0.2) is 16.2 Å². The molecule has 4 nitrogen and oxygen atoms in total. The Bertz CT molecular complexity index is 382. The van der Waals surface area contributed by atoms with Crippen LogP contribution in [0.5, 0.6) is 0 Å². The highest BCUT2D eigenvalue weighted by Crippen LogP contribution is 2.27. The Kier molecular flexibility index (Phi) is 2.82. The third-order valence-corrected chi connectivity index (χ3v) is 3.02. The van der Waals surface area contributed by atoms with Crippen LogP contribution in [0.4, 0.5) is 5.82 Å². The molecule has 0 bridgehead atoms. The van der Waals surface area contributed by atoms with Crippen LogP contribution in [0.2, 0.25) is 0 Å². The summed E-state index contributed by atoms with van der Waals surface area (Å²) in [5.41, 5.74) is 0.573. The number of anilines is 1. The van der Waals surface area contributed by atoms with Gasteiger partial charge < -0.3 is 5.32 Å². The van der Waals surface area contributed by atoms with E-state index in [4.69, 9.17) is 5.26 Å². The van der Waals surface area contributed by atoms with Crippen LogP contribution in [0, 0.1) is 17.2 Å². The molecule has 0 amide bonds. The zero-order chi connectivity index (χ0) is 10.7. The van der Waals surface area contributed by atoms with Crippen molar-refractivity contribution in [2.45, 2.75) is 32.2 Å². The molecule has 2 atom stereocenters. The Morgan fingerprint density at radius 3 is 3.07 bits per heavy atom. The van der Waals surface area contributed by atoms with Crippen LogP contribution in [-0.2, 0) is 0 Å². The van der Waals surface area contributed by atoms with Gasteiger partial charge in [0.25, 0.3) is 0 Å². The van der Waals surface area contributed by atoms with Crippen molar-refractivity contribution in [2.75, 3.05) is 5.32 Å². The van der Waals surface area contributed by atoms with Gasteiger partial charge in [0.2, 0.25) is 0 Å². The Labute approximate surface area is 89.3 Å². The van der Waals surface area contributed by atoms with E-state index in [1.165, 1.54) is 12.8 Å². The van der Waals surface area contributed by atoms with Crippen molar-refractivity contribution in [3.8, 4) is 6.07 Å². The Balaban J connectivity index is 2.14. The van der Waals surface area contributed by atoms with E-state index in [0.717, 1.165) is 6.42 Å². The van der Waals surface area contributed by atoms with E-state index < -0.39 is 0 Å². The van der Waals surface area contributed by atoms with Gasteiger partial charge in [0, 0.05) is 6.04 Å². The number of hydrogen-bond acceptors (Lipinski definition) is 4. The Morgan fingerprint density at radius 2 is 2.40 bits per heavy atom. The highest BCUT2D eigenvalue weighted by molar-refractivity contribution is 5.50. The monoisotopic (exact) mass is 202 g/mol. The van der Waals surface area contributed by atoms with E-state index >= 15 is 0 Å². The molecule has 1 fully saturated rings. The second kappa shape index (κ2) is 4.26. The van der Waals surface area contributed by atoms with Crippen LogP contribution in [0.3, 0.4) is 0 Å². The lowest BCUT2D eigenvalue weighted by Crippen LogP contribution is -2.23. The van der Waals surface area contributed by atoms with Crippen LogP contribution in [0.25, 0.3) is 0 Å². The van der Waals surface area contributed by atoms with Crippen molar-refractivity contribution in [2.24, 2.45) is 5.92 Å². The highest BCUT2D eigenvalue weighted by atomic mass is 15.2. The van der Waals surface area contributed by atoms with Gasteiger partial charge in [0.15, 0.2) is 5.82 Å². The molecular formula is C11H14N4. The minimum absolute atomic E-state index is 0.439. The first-order valence-corrected chi connectivity index (χ1v) is 5.29. The van der Waals surface area contributed by atoms with E-state index in [0.29, 0.717) is 23.3 Å². The highest BCUT2D eigenvalue weighted by Gasteiger charge is 2.24. The van der Waals surface area contributed by atoms with Crippen LogP contribution >= 0.6 is 0 Å². The van der Waals surface area contributed by atoms with Gasteiger partial charge in [-0.25, -0.2) is 0 Å². The van der Waals surface area contributed by atoms with Gasteiger partial charge in [-0.3, -0.25) is 0 Å². The van der Waals surface area contributed by atoms with E-state index in [9.17, 15) is 0 Å². The molecule has 1 aliphatic rings. The Hall–Kier alpha value is -1.63. The summed E-state index contributed by atoms with van der Waals surface area (Å²) in [5.74, 6) is 1.28. The zero-order valence-electron chi connectivity index (χ0n) is 8.77. The smallest absolute Gasteiger partial charge is 0.166 e. The maximum atomic E-state index is 8.90. The van der Waals surface area contributed by atoms with Gasteiger partial charge >= 0.3 is 0 Å². The van der Waals surface area contributed by atoms with E-state index in [1.807, 2.05) is 0 Å². The maximum Gasteiger partial charge on any atom is 0.166 e. The first-order chi connectivity index (χ1) is 7.31. The molecule has 2 rings (SSSR count). The molecule has 0 aromatic carbocycles. The fourth-order valence-corrected chi connectivity index (χ4v) is 2.06. The second-order valence-corrected chi connectivity index (χ2v) is 4.06.